The molecule has 18 heavy (non-hydrogen) atoms. The topological polar surface area (TPSA) is 58.6 Å². The van der Waals surface area contributed by atoms with Gasteiger partial charge in [0.25, 0.3) is 0 Å². The van der Waals surface area contributed by atoms with Gasteiger partial charge in [0.05, 0.1) is 12.1 Å². The van der Waals surface area contributed by atoms with Gasteiger partial charge in [0, 0.05) is 7.11 Å². The van der Waals surface area contributed by atoms with Crippen LogP contribution in [0.3, 0.4) is 0 Å². The van der Waals surface area contributed by atoms with Crippen molar-refractivity contribution in [2.75, 3.05) is 13.7 Å². The molecule has 0 saturated carbocycles. The molecule has 5 heteroatoms. The second kappa shape index (κ2) is 4.88. The monoisotopic (exact) mass is 256 g/mol. The molecule has 0 spiro atoms. The van der Waals surface area contributed by atoms with E-state index in [9.17, 15) is 9.59 Å². The quantitative estimate of drug-likeness (QED) is 0.814. The van der Waals surface area contributed by atoms with Gasteiger partial charge in [-0.3, -0.25) is 9.59 Å². The number of piperazine rings is 1. The lowest BCUT2D eigenvalue weighted by atomic mass is 9.88. The van der Waals surface area contributed by atoms with Crippen LogP contribution in [-0.2, 0) is 14.3 Å². The molecular formula is C13H24N2O3. The third-order valence-corrected chi connectivity index (χ3v) is 3.71. The van der Waals surface area contributed by atoms with Gasteiger partial charge in [0.2, 0.25) is 11.8 Å². The third kappa shape index (κ3) is 2.36. The first-order valence-electron chi connectivity index (χ1n) is 6.34. The average Bonchev–Trinajstić information content (AvgIpc) is 2.26. The van der Waals surface area contributed by atoms with Crippen molar-refractivity contribution < 1.29 is 14.3 Å². The summed E-state index contributed by atoms with van der Waals surface area (Å²) in [5, 5.41) is 2.82. The molecule has 2 amide bonds. The molecule has 0 aromatic heterocycles. The highest BCUT2D eigenvalue weighted by Crippen LogP contribution is 2.28. The van der Waals surface area contributed by atoms with E-state index in [0.717, 1.165) is 0 Å². The van der Waals surface area contributed by atoms with Crippen LogP contribution in [0.5, 0.6) is 0 Å². The van der Waals surface area contributed by atoms with Crippen molar-refractivity contribution in [3.05, 3.63) is 0 Å². The highest BCUT2D eigenvalue weighted by atomic mass is 16.5. The molecule has 1 aliphatic heterocycles. The fourth-order valence-corrected chi connectivity index (χ4v) is 2.45. The zero-order valence-corrected chi connectivity index (χ0v) is 12.2. The van der Waals surface area contributed by atoms with Crippen molar-refractivity contribution in [1.82, 2.24) is 10.2 Å². The molecule has 1 N–H and O–H groups in total. The molecule has 1 rings (SSSR count). The fraction of sp³-hybridized carbons (Fsp3) is 0.846. The van der Waals surface area contributed by atoms with Crippen LogP contribution < -0.4 is 5.32 Å². The molecular weight excluding hydrogens is 232 g/mol. The minimum absolute atomic E-state index is 0.0425. The summed E-state index contributed by atoms with van der Waals surface area (Å²) in [6, 6.07) is -0.470. The number of nitrogens with one attached hydrogen (secondary N) is 1. The summed E-state index contributed by atoms with van der Waals surface area (Å²) < 4.78 is 5.17. The highest BCUT2D eigenvalue weighted by Gasteiger charge is 2.50. The van der Waals surface area contributed by atoms with E-state index in [1.807, 2.05) is 20.8 Å². The molecule has 1 saturated heterocycles. The maximum atomic E-state index is 12.6. The van der Waals surface area contributed by atoms with Crippen LogP contribution in [0.15, 0.2) is 0 Å². The summed E-state index contributed by atoms with van der Waals surface area (Å²) in [5.41, 5.74) is -1.31. The van der Waals surface area contributed by atoms with E-state index in [4.69, 9.17) is 4.74 Å². The third-order valence-electron chi connectivity index (χ3n) is 3.71. The number of rotatable bonds is 4. The van der Waals surface area contributed by atoms with E-state index in [1.165, 1.54) is 0 Å². The zero-order valence-electron chi connectivity index (χ0n) is 12.2. The first-order valence-corrected chi connectivity index (χ1v) is 6.34. The lowest BCUT2D eigenvalue weighted by Gasteiger charge is -2.49. The van der Waals surface area contributed by atoms with E-state index in [0.29, 0.717) is 13.0 Å². The number of amides is 2. The number of hydrogen-bond acceptors (Lipinski definition) is 3. The van der Waals surface area contributed by atoms with E-state index in [-0.39, 0.29) is 11.8 Å². The summed E-state index contributed by atoms with van der Waals surface area (Å²) in [4.78, 5) is 26.3. The molecule has 0 aliphatic carbocycles. The lowest BCUT2D eigenvalue weighted by Crippen LogP contribution is -2.72. The number of nitrogens with zero attached hydrogens (tertiary/aromatic N) is 1. The smallest absolute Gasteiger partial charge is 0.249 e. The van der Waals surface area contributed by atoms with Crippen LogP contribution in [0.2, 0.25) is 0 Å². The zero-order chi connectivity index (χ0) is 14.1. The van der Waals surface area contributed by atoms with Crippen LogP contribution in [0.1, 0.15) is 41.0 Å². The number of ether oxygens (including phenoxy) is 1. The maximum absolute atomic E-state index is 12.6. The average molecular weight is 256 g/mol. The maximum Gasteiger partial charge on any atom is 0.249 e. The number of hydrogen-bond donors (Lipinski definition) is 1. The van der Waals surface area contributed by atoms with Crippen molar-refractivity contribution in [1.29, 1.82) is 0 Å². The fourth-order valence-electron chi connectivity index (χ4n) is 2.45. The predicted molar refractivity (Wildman–Crippen MR) is 69.1 cm³/mol. The van der Waals surface area contributed by atoms with Gasteiger partial charge in [-0.25, -0.2) is 0 Å². The number of carbonyl (C=O) groups is 2. The largest absolute Gasteiger partial charge is 0.382 e. The normalized spacial score (nSPS) is 29.4. The van der Waals surface area contributed by atoms with Gasteiger partial charge in [-0.15, -0.1) is 0 Å². The molecule has 0 aromatic carbocycles. The molecule has 0 radical (unpaired) electrons. The van der Waals surface area contributed by atoms with Gasteiger partial charge in [-0.1, -0.05) is 6.92 Å². The first-order chi connectivity index (χ1) is 8.19. The standard InChI is InChI=1S/C13H24N2O3/c1-7-13(5)11(17)15(9(2)10(16)14-13)12(3,4)8-18-6/h9H,7-8H2,1-6H3,(H,14,16). The molecule has 5 nitrogen and oxygen atoms in total. The molecule has 1 aliphatic rings. The van der Waals surface area contributed by atoms with Gasteiger partial charge in [0.1, 0.15) is 11.6 Å². The molecule has 0 aromatic rings. The molecule has 2 unspecified atom stereocenters. The van der Waals surface area contributed by atoms with Crippen molar-refractivity contribution in [3.63, 3.8) is 0 Å². The summed E-state index contributed by atoms with van der Waals surface area (Å²) in [5.74, 6) is -0.151. The Labute approximate surface area is 109 Å². The Balaban J connectivity index is 3.14. The minimum atomic E-state index is -0.811. The van der Waals surface area contributed by atoms with Crippen LogP contribution >= 0.6 is 0 Å². The summed E-state index contributed by atoms with van der Waals surface area (Å²) in [6.07, 6.45) is 0.573. The minimum Gasteiger partial charge on any atom is -0.382 e. The van der Waals surface area contributed by atoms with Crippen LogP contribution in [0.25, 0.3) is 0 Å². The van der Waals surface area contributed by atoms with Gasteiger partial charge in [-0.05, 0) is 34.1 Å². The first kappa shape index (κ1) is 15.0. The summed E-state index contributed by atoms with van der Waals surface area (Å²) in [6.45, 7) is 9.65. The predicted octanol–water partition coefficient (Wildman–Crippen LogP) is 0.927. The second-order valence-electron chi connectivity index (χ2n) is 5.77. The molecule has 104 valence electrons. The SMILES string of the molecule is CCC1(C)NC(=O)C(C)N(C(C)(C)COC)C1=O. The Morgan fingerprint density at radius 1 is 1.44 bits per heavy atom. The lowest BCUT2D eigenvalue weighted by molar-refractivity contribution is -0.162. The van der Waals surface area contributed by atoms with Gasteiger partial charge in [-0.2, -0.15) is 0 Å². The van der Waals surface area contributed by atoms with Crippen LogP contribution in [-0.4, -0.2) is 47.6 Å². The molecule has 0 bridgehead atoms. The van der Waals surface area contributed by atoms with Gasteiger partial charge in [0.15, 0.2) is 0 Å². The molecule has 1 heterocycles. The van der Waals surface area contributed by atoms with Crippen molar-refractivity contribution in [2.24, 2.45) is 0 Å². The Morgan fingerprint density at radius 3 is 2.44 bits per heavy atom. The van der Waals surface area contributed by atoms with Crippen molar-refractivity contribution >= 4 is 11.8 Å². The van der Waals surface area contributed by atoms with Crippen molar-refractivity contribution in [2.45, 2.75) is 58.2 Å². The molecule has 2 atom stereocenters. The summed E-state index contributed by atoms with van der Waals surface area (Å²) >= 11 is 0. The highest BCUT2D eigenvalue weighted by molar-refractivity contribution is 5.99. The number of methoxy groups -OCH3 is 1. The van der Waals surface area contributed by atoms with Crippen LogP contribution in [0, 0.1) is 0 Å². The van der Waals surface area contributed by atoms with E-state index in [2.05, 4.69) is 5.32 Å². The Hall–Kier alpha value is -1.10. The van der Waals surface area contributed by atoms with E-state index < -0.39 is 17.1 Å². The Bertz CT molecular complexity index is 354. The summed E-state index contributed by atoms with van der Waals surface area (Å²) in [7, 11) is 1.60. The second-order valence-corrected chi connectivity index (χ2v) is 5.77. The van der Waals surface area contributed by atoms with Gasteiger partial charge < -0.3 is 15.0 Å². The van der Waals surface area contributed by atoms with E-state index >= 15 is 0 Å². The van der Waals surface area contributed by atoms with Gasteiger partial charge >= 0.3 is 0 Å². The number of carbonyl (C=O) groups excluding carboxylic acids is 2. The van der Waals surface area contributed by atoms with Crippen LogP contribution in [0.4, 0.5) is 0 Å². The Kier molecular flexibility index (Phi) is 4.05. The van der Waals surface area contributed by atoms with E-state index in [1.54, 1.807) is 25.9 Å². The molecule has 1 fully saturated rings. The van der Waals surface area contributed by atoms with Crippen molar-refractivity contribution in [3.8, 4) is 0 Å². The Morgan fingerprint density at radius 2 is 2.00 bits per heavy atom.